The summed E-state index contributed by atoms with van der Waals surface area (Å²) in [6, 6.07) is 2.62. The van der Waals surface area contributed by atoms with Crippen molar-refractivity contribution in [2.24, 2.45) is 5.16 Å². The number of hydrogen-bond donors (Lipinski definition) is 2. The highest BCUT2D eigenvalue weighted by molar-refractivity contribution is 8.00. The Hall–Kier alpha value is -4.05. The summed E-state index contributed by atoms with van der Waals surface area (Å²) in [5.41, 5.74) is 6.49. The third-order valence-electron chi connectivity index (χ3n) is 9.40. The van der Waals surface area contributed by atoms with Crippen molar-refractivity contribution >= 4 is 57.9 Å². The van der Waals surface area contributed by atoms with Gasteiger partial charge in [-0.1, -0.05) is 102 Å². The van der Waals surface area contributed by atoms with E-state index in [1.807, 2.05) is 12.1 Å². The second-order valence-electron chi connectivity index (χ2n) is 13.7. The highest BCUT2D eigenvalue weighted by Crippen LogP contribution is 2.40. The summed E-state index contributed by atoms with van der Waals surface area (Å²) in [6.07, 6.45) is 23.0. The Bertz CT molecular complexity index is 1600. The van der Waals surface area contributed by atoms with Gasteiger partial charge in [0.2, 0.25) is 11.5 Å². The number of hydrogen-bond acceptors (Lipinski definition) is 13. The van der Waals surface area contributed by atoms with E-state index in [9.17, 15) is 24.3 Å². The van der Waals surface area contributed by atoms with Crippen LogP contribution in [-0.2, 0) is 41.9 Å². The number of amides is 2. The summed E-state index contributed by atoms with van der Waals surface area (Å²) in [6.45, 7) is 4.48. The molecule has 0 aromatic carbocycles. The molecule has 0 radical (unpaired) electrons. The van der Waals surface area contributed by atoms with Crippen LogP contribution in [0.4, 0.5) is 5.13 Å². The number of pyridine rings is 1. The van der Waals surface area contributed by atoms with Crippen LogP contribution in [0.2, 0.25) is 0 Å². The fourth-order valence-electron chi connectivity index (χ4n) is 6.43. The zero-order valence-corrected chi connectivity index (χ0v) is 33.2. The Balaban J connectivity index is 1.15. The Kier molecular flexibility index (Phi) is 18.2. The molecule has 1 saturated heterocycles. The zero-order valence-electron chi connectivity index (χ0n) is 31.6. The van der Waals surface area contributed by atoms with Crippen LogP contribution < -0.4 is 20.7 Å². The van der Waals surface area contributed by atoms with Crippen LogP contribution in [-0.4, -0.2) is 67.5 Å². The van der Waals surface area contributed by atoms with E-state index in [2.05, 4.69) is 26.8 Å². The lowest BCUT2D eigenvalue weighted by Crippen LogP contribution is -2.71. The smallest absolute Gasteiger partial charge is 0.306 e. The van der Waals surface area contributed by atoms with Crippen LogP contribution in [0, 0.1) is 0 Å². The number of ether oxygens (including phenoxy) is 1. The van der Waals surface area contributed by atoms with E-state index in [0.717, 1.165) is 41.3 Å². The average molecular weight is 786 g/mol. The second kappa shape index (κ2) is 23.0. The van der Waals surface area contributed by atoms with Crippen LogP contribution in [0.3, 0.4) is 0 Å². The van der Waals surface area contributed by atoms with Crippen molar-refractivity contribution < 1.29 is 38.4 Å². The molecule has 0 bridgehead atoms. The molecule has 4 heterocycles. The van der Waals surface area contributed by atoms with Gasteiger partial charge in [0.15, 0.2) is 24.1 Å². The number of carbonyl (C=O) groups excluding carboxylic acids is 4. The van der Waals surface area contributed by atoms with E-state index >= 15 is 0 Å². The van der Waals surface area contributed by atoms with Gasteiger partial charge in [-0.15, -0.1) is 11.8 Å². The molecular weight excluding hydrogens is 731 g/mol. The van der Waals surface area contributed by atoms with E-state index in [1.165, 1.54) is 88.8 Å². The molecule has 1 unspecified atom stereocenters. The molecule has 1 fully saturated rings. The maximum atomic E-state index is 13.2. The van der Waals surface area contributed by atoms with Crippen molar-refractivity contribution in [3.8, 4) is 0 Å². The highest BCUT2D eigenvalue weighted by Gasteiger charge is 2.53. The fourth-order valence-corrected chi connectivity index (χ4v) is 8.20. The van der Waals surface area contributed by atoms with Crippen molar-refractivity contribution in [3.05, 3.63) is 47.2 Å². The Morgan fingerprint density at radius 2 is 1.59 bits per heavy atom. The number of nitrogens with two attached hydrogens (primary N) is 1. The van der Waals surface area contributed by atoms with Gasteiger partial charge in [0, 0.05) is 47.0 Å². The fraction of sp³-hybridized carbons (Fsp3) is 0.632. The molecule has 2 atom stereocenters. The topological polar surface area (TPSA) is 193 Å². The minimum atomic E-state index is -1.48. The SMILES string of the molecule is CCCCCCCCCCCCCCCCCC(=O)OCc1cc[n+](CC2=C(C(=O)[O-])N3C(=O)C(NC(=O)C(=NOCC)c4nsc(N)n4)[C@@H]3SC2)cc1. The van der Waals surface area contributed by atoms with Gasteiger partial charge < -0.3 is 30.5 Å². The Labute approximate surface area is 326 Å². The van der Waals surface area contributed by atoms with E-state index in [0.29, 0.717) is 17.7 Å². The van der Waals surface area contributed by atoms with Crippen molar-refractivity contribution in [2.75, 3.05) is 18.1 Å². The predicted molar refractivity (Wildman–Crippen MR) is 206 cm³/mol. The number of fused-ring (bicyclic) bond motifs is 1. The number of esters is 1. The minimum Gasteiger partial charge on any atom is -0.543 e. The van der Waals surface area contributed by atoms with Crippen molar-refractivity contribution in [1.82, 2.24) is 19.6 Å². The molecule has 4 rings (SSSR count). The summed E-state index contributed by atoms with van der Waals surface area (Å²) in [4.78, 5) is 61.0. The van der Waals surface area contributed by atoms with Gasteiger partial charge in [-0.05, 0) is 13.3 Å². The maximum absolute atomic E-state index is 13.2. The van der Waals surface area contributed by atoms with Crippen molar-refractivity contribution in [3.63, 3.8) is 0 Å². The van der Waals surface area contributed by atoms with Gasteiger partial charge in [-0.25, -0.2) is 4.57 Å². The number of carboxylic acids is 1. The average Bonchev–Trinajstić information content (AvgIpc) is 3.60. The van der Waals surface area contributed by atoms with E-state index in [4.69, 9.17) is 15.3 Å². The molecule has 0 spiro atoms. The molecular formula is C38H55N7O7S2. The number of nitrogen functional groups attached to an aromatic ring is 1. The van der Waals surface area contributed by atoms with Crippen LogP contribution in [0.1, 0.15) is 128 Å². The molecule has 2 aromatic heterocycles. The summed E-state index contributed by atoms with van der Waals surface area (Å²) < 4.78 is 11.3. The van der Waals surface area contributed by atoms with Crippen molar-refractivity contribution in [1.29, 1.82) is 0 Å². The second-order valence-corrected chi connectivity index (χ2v) is 15.5. The van der Waals surface area contributed by atoms with Gasteiger partial charge in [0.05, 0.1) is 11.7 Å². The number of carbonyl (C=O) groups is 4. The number of oxime groups is 1. The molecule has 2 aliphatic rings. The van der Waals surface area contributed by atoms with Crippen molar-refractivity contribution in [2.45, 2.75) is 141 Å². The number of aliphatic carboxylic acids is 1. The molecule has 0 saturated carbocycles. The largest absolute Gasteiger partial charge is 0.543 e. The molecule has 0 aliphatic carbocycles. The predicted octanol–water partition coefficient (Wildman–Crippen LogP) is 4.56. The molecule has 296 valence electrons. The number of aromatic nitrogens is 3. The van der Waals surface area contributed by atoms with Crippen LogP contribution in [0.25, 0.3) is 0 Å². The lowest BCUT2D eigenvalue weighted by atomic mass is 10.0. The molecule has 54 heavy (non-hydrogen) atoms. The monoisotopic (exact) mass is 785 g/mol. The van der Waals surface area contributed by atoms with Crippen LogP contribution in [0.15, 0.2) is 41.0 Å². The number of unbranched alkanes of at least 4 members (excludes halogenated alkanes) is 14. The summed E-state index contributed by atoms with van der Waals surface area (Å²) in [5, 5.41) is 18.2. The van der Waals surface area contributed by atoms with Gasteiger partial charge in [-0.2, -0.15) is 9.36 Å². The molecule has 16 heteroatoms. The molecule has 14 nitrogen and oxygen atoms in total. The number of carboxylic acid groups (broad SMARTS) is 1. The van der Waals surface area contributed by atoms with Gasteiger partial charge >= 0.3 is 5.97 Å². The first kappa shape index (κ1) is 42.7. The standard InChI is InChI=1S/C38H55N7O7S2/c1-3-5-6-7-8-9-10-11-12-13-14-15-16-17-18-19-29(46)51-25-27-20-22-44(23-21-27)24-28-26-53-36-31(35(48)45(36)32(28)37(49)50)40-34(47)30(42-52-4-2)33-41-38(39)54-43-33/h20-23,31,36H,3-19,24-26H2,1-2H3,(H3-,39,40,41,43,47,49,50)/t31?,36-/m0/s1. The van der Waals surface area contributed by atoms with Gasteiger partial charge in [0.25, 0.3) is 11.8 Å². The Morgan fingerprint density at radius 3 is 2.15 bits per heavy atom. The van der Waals surface area contributed by atoms with Crippen LogP contribution >= 0.6 is 23.3 Å². The summed E-state index contributed by atoms with van der Waals surface area (Å²) in [5.74, 6) is -2.79. The number of rotatable bonds is 26. The van der Waals surface area contributed by atoms with Crippen LogP contribution in [0.5, 0.6) is 0 Å². The zero-order chi connectivity index (χ0) is 38.7. The maximum Gasteiger partial charge on any atom is 0.306 e. The quantitative estimate of drug-likeness (QED) is 0.0339. The number of thioether (sulfide) groups is 1. The van der Waals surface area contributed by atoms with Gasteiger partial charge in [-0.3, -0.25) is 19.3 Å². The Morgan fingerprint density at radius 1 is 0.981 bits per heavy atom. The third-order valence-corrected chi connectivity index (χ3v) is 11.3. The lowest BCUT2D eigenvalue weighted by molar-refractivity contribution is -0.689. The van der Waals surface area contributed by atoms with Gasteiger partial charge in [0.1, 0.15) is 24.6 Å². The number of anilines is 1. The first-order valence-electron chi connectivity index (χ1n) is 19.4. The molecule has 2 amide bonds. The first-order valence-corrected chi connectivity index (χ1v) is 21.2. The van der Waals surface area contributed by atoms with E-state index in [1.54, 1.807) is 23.9 Å². The van der Waals surface area contributed by atoms with E-state index < -0.39 is 29.2 Å². The minimum absolute atomic E-state index is 0.0439. The number of nitrogens with zero attached hydrogens (tertiary/aromatic N) is 5. The number of β-lactam (4-membered cyclic amide) rings is 1. The highest BCUT2D eigenvalue weighted by atomic mass is 32.2. The molecule has 2 aliphatic heterocycles. The third kappa shape index (κ3) is 13.1. The summed E-state index contributed by atoms with van der Waals surface area (Å²) >= 11 is 2.21. The summed E-state index contributed by atoms with van der Waals surface area (Å²) in [7, 11) is 0. The normalized spacial score (nSPS) is 16.9. The lowest BCUT2D eigenvalue weighted by Gasteiger charge is -2.50. The first-order chi connectivity index (χ1) is 26.2. The molecule has 2 aromatic rings. The molecule has 3 N–H and O–H groups in total. The van der Waals surface area contributed by atoms with E-state index in [-0.39, 0.29) is 48.1 Å². The number of nitrogens with one attached hydrogen (secondary N) is 1.